The molecule has 0 atom stereocenters. The van der Waals surface area contributed by atoms with Crippen molar-refractivity contribution in [2.24, 2.45) is 0 Å². The molecule has 0 aliphatic carbocycles. The zero-order valence-corrected chi connectivity index (χ0v) is 12.9. The number of hydrogen-bond donors (Lipinski definition) is 1. The number of rotatable bonds is 6. The van der Waals surface area contributed by atoms with Gasteiger partial charge in [-0.25, -0.2) is 9.67 Å². The number of amides is 1. The third-order valence-corrected chi connectivity index (χ3v) is 3.53. The quantitative estimate of drug-likeness (QED) is 0.821. The van der Waals surface area contributed by atoms with E-state index in [9.17, 15) is 4.79 Å². The first-order valence-corrected chi connectivity index (χ1v) is 7.34. The van der Waals surface area contributed by atoms with Crippen molar-refractivity contribution < 1.29 is 4.79 Å². The van der Waals surface area contributed by atoms with E-state index < -0.39 is 0 Å². The topological polar surface area (TPSA) is 64.7 Å². The molecule has 2 aromatic heterocycles. The van der Waals surface area contributed by atoms with Crippen LogP contribution in [0.15, 0.2) is 0 Å². The van der Waals surface area contributed by atoms with Crippen LogP contribution in [0, 0.1) is 6.92 Å². The lowest BCUT2D eigenvalue weighted by Gasteiger charge is -2.09. The van der Waals surface area contributed by atoms with Crippen molar-refractivity contribution in [2.45, 2.75) is 39.8 Å². The molecule has 0 aliphatic rings. The Morgan fingerprint density at radius 1 is 1.45 bits per heavy atom. The summed E-state index contributed by atoms with van der Waals surface area (Å²) in [5.41, 5.74) is 2.80. The van der Waals surface area contributed by atoms with Crippen LogP contribution < -0.4 is 5.32 Å². The second-order valence-corrected chi connectivity index (χ2v) is 4.99. The Kier molecular flexibility index (Phi) is 4.65. The molecule has 20 heavy (non-hydrogen) atoms. The summed E-state index contributed by atoms with van der Waals surface area (Å²) in [6.45, 7) is 5.36. The summed E-state index contributed by atoms with van der Waals surface area (Å²) in [7, 11) is 1.64. The van der Waals surface area contributed by atoms with Gasteiger partial charge in [-0.15, -0.1) is 11.6 Å². The monoisotopic (exact) mass is 297 g/mol. The molecule has 0 radical (unpaired) electrons. The predicted molar refractivity (Wildman–Crippen MR) is 79.0 cm³/mol. The molecule has 0 fully saturated rings. The molecule has 1 amide bonds. The molecule has 1 N–H and O–H groups in total. The van der Waals surface area contributed by atoms with Gasteiger partial charge in [0.1, 0.15) is 11.3 Å². The largest absolute Gasteiger partial charge is 0.359 e. The van der Waals surface area contributed by atoms with E-state index in [0.717, 1.165) is 29.2 Å². The highest BCUT2D eigenvalue weighted by molar-refractivity contribution is 6.17. The van der Waals surface area contributed by atoms with Gasteiger partial charge in [-0.3, -0.25) is 4.79 Å². The van der Waals surface area contributed by atoms with Crippen LogP contribution in [0.3, 0.4) is 0 Å². The first kappa shape index (κ1) is 14.8. The molecule has 0 aliphatic heterocycles. The Bertz CT molecular complexity index is 616. The van der Waals surface area contributed by atoms with Crippen molar-refractivity contribution in [1.29, 1.82) is 0 Å². The molecule has 0 bridgehead atoms. The summed E-state index contributed by atoms with van der Waals surface area (Å²) >= 11 is 5.85. The van der Waals surface area contributed by atoms with Crippen molar-refractivity contribution in [2.75, 3.05) is 12.9 Å². The Morgan fingerprint density at radius 3 is 2.80 bits per heavy atom. The fraction of sp³-hybridized carbons (Fsp3) is 0.615. The maximum Gasteiger partial charge on any atom is 0.221 e. The van der Waals surface area contributed by atoms with Crippen molar-refractivity contribution in [3.8, 4) is 0 Å². The second-order valence-electron chi connectivity index (χ2n) is 4.62. The van der Waals surface area contributed by atoms with Gasteiger partial charge in [0.15, 0.2) is 5.65 Å². The maximum atomic E-state index is 11.5. The molecule has 2 aromatic rings. The van der Waals surface area contributed by atoms with Crippen molar-refractivity contribution in [1.82, 2.24) is 24.6 Å². The molecule has 110 valence electrons. The summed E-state index contributed by atoms with van der Waals surface area (Å²) in [5.74, 6) is 1.45. The molecule has 6 nitrogen and oxygen atoms in total. The van der Waals surface area contributed by atoms with Crippen LogP contribution in [0.2, 0.25) is 0 Å². The Labute approximate surface area is 123 Å². The van der Waals surface area contributed by atoms with Gasteiger partial charge < -0.3 is 9.88 Å². The summed E-state index contributed by atoms with van der Waals surface area (Å²) in [6, 6.07) is 0. The average molecular weight is 298 g/mol. The molecule has 2 rings (SSSR count). The number of imidazole rings is 1. The van der Waals surface area contributed by atoms with E-state index in [1.165, 1.54) is 0 Å². The molecule has 0 saturated carbocycles. The molecule has 0 spiro atoms. The molecular weight excluding hydrogens is 278 g/mol. The molecule has 0 aromatic carbocycles. The Morgan fingerprint density at radius 2 is 2.20 bits per heavy atom. The first-order chi connectivity index (χ1) is 9.62. The summed E-state index contributed by atoms with van der Waals surface area (Å²) < 4.78 is 4.00. The fourth-order valence-corrected chi connectivity index (χ4v) is 2.51. The van der Waals surface area contributed by atoms with Crippen LogP contribution in [-0.2, 0) is 24.3 Å². The second kappa shape index (κ2) is 6.26. The fourth-order valence-electron chi connectivity index (χ4n) is 2.34. The van der Waals surface area contributed by atoms with Crippen molar-refractivity contribution in [3.63, 3.8) is 0 Å². The van der Waals surface area contributed by atoms with Crippen LogP contribution >= 0.6 is 11.6 Å². The number of fused-ring (bicyclic) bond motifs is 1. The predicted octanol–water partition coefficient (Wildman–Crippen LogP) is 1.48. The lowest BCUT2D eigenvalue weighted by atomic mass is 10.3. The van der Waals surface area contributed by atoms with Crippen LogP contribution in [0.25, 0.3) is 11.2 Å². The highest BCUT2D eigenvalue weighted by Crippen LogP contribution is 2.21. The zero-order valence-electron chi connectivity index (χ0n) is 12.1. The number of nitrogens with zero attached hydrogens (tertiary/aromatic N) is 4. The Hall–Kier alpha value is -1.56. The third kappa shape index (κ3) is 2.65. The number of alkyl halides is 1. The molecular formula is C13H20ClN5O. The number of carbonyl (C=O) groups excluding carboxylic acids is 1. The van der Waals surface area contributed by atoms with Crippen LogP contribution in [0.4, 0.5) is 0 Å². The van der Waals surface area contributed by atoms with E-state index in [1.54, 1.807) is 7.05 Å². The van der Waals surface area contributed by atoms with Crippen LogP contribution in [0.5, 0.6) is 0 Å². The van der Waals surface area contributed by atoms with E-state index in [4.69, 9.17) is 11.6 Å². The number of aryl methyl sites for hydroxylation is 4. The molecule has 0 unspecified atom stereocenters. The van der Waals surface area contributed by atoms with Gasteiger partial charge in [-0.2, -0.15) is 5.10 Å². The van der Waals surface area contributed by atoms with Crippen LogP contribution in [0.1, 0.15) is 24.9 Å². The number of hydrogen-bond acceptors (Lipinski definition) is 3. The lowest BCUT2D eigenvalue weighted by Crippen LogP contribution is -2.20. The van der Waals surface area contributed by atoms with E-state index in [-0.39, 0.29) is 5.91 Å². The van der Waals surface area contributed by atoms with Gasteiger partial charge in [0.25, 0.3) is 0 Å². The summed E-state index contributed by atoms with van der Waals surface area (Å²) in [5, 5.41) is 7.12. The van der Waals surface area contributed by atoms with Gasteiger partial charge >= 0.3 is 0 Å². The summed E-state index contributed by atoms with van der Waals surface area (Å²) in [4.78, 5) is 16.1. The van der Waals surface area contributed by atoms with Gasteiger partial charge in [0.05, 0.1) is 5.69 Å². The number of aromatic nitrogens is 4. The van der Waals surface area contributed by atoms with Crippen molar-refractivity contribution in [3.05, 3.63) is 11.5 Å². The maximum absolute atomic E-state index is 11.5. The lowest BCUT2D eigenvalue weighted by molar-refractivity contribution is -0.120. The zero-order chi connectivity index (χ0) is 14.7. The Balaban J connectivity index is 2.46. The highest BCUT2D eigenvalue weighted by atomic mass is 35.5. The number of halogens is 1. The van der Waals surface area contributed by atoms with Crippen molar-refractivity contribution >= 4 is 28.7 Å². The minimum atomic E-state index is 0.0166. The molecule has 2 heterocycles. The van der Waals surface area contributed by atoms with E-state index >= 15 is 0 Å². The van der Waals surface area contributed by atoms with Crippen LogP contribution in [-0.4, -0.2) is 38.2 Å². The van der Waals surface area contributed by atoms with Gasteiger partial charge in [0.2, 0.25) is 5.91 Å². The van der Waals surface area contributed by atoms with Gasteiger partial charge in [0, 0.05) is 38.9 Å². The SMILES string of the molecule is CCn1nc(C)c2nc(CCCl)n(CCC(=O)NC)c21. The van der Waals surface area contributed by atoms with E-state index in [1.807, 2.05) is 18.5 Å². The minimum absolute atomic E-state index is 0.0166. The van der Waals surface area contributed by atoms with E-state index in [0.29, 0.717) is 25.3 Å². The molecule has 7 heteroatoms. The number of nitrogens with one attached hydrogen (secondary N) is 1. The number of carbonyl (C=O) groups is 1. The summed E-state index contributed by atoms with van der Waals surface area (Å²) in [6.07, 6.45) is 1.11. The third-order valence-electron chi connectivity index (χ3n) is 3.34. The standard InChI is InChI=1S/C13H20ClN5O/c1-4-19-13-12(9(2)17-19)16-10(5-7-14)18(13)8-6-11(20)15-3/h4-8H2,1-3H3,(H,15,20). The normalized spacial score (nSPS) is 11.2. The first-order valence-electron chi connectivity index (χ1n) is 6.81. The smallest absolute Gasteiger partial charge is 0.221 e. The van der Waals surface area contributed by atoms with E-state index in [2.05, 4.69) is 20.0 Å². The molecule has 0 saturated heterocycles. The minimum Gasteiger partial charge on any atom is -0.359 e. The van der Waals surface area contributed by atoms with Gasteiger partial charge in [-0.1, -0.05) is 0 Å². The average Bonchev–Trinajstić information content (AvgIpc) is 2.95. The van der Waals surface area contributed by atoms with Gasteiger partial charge in [-0.05, 0) is 13.8 Å². The highest BCUT2D eigenvalue weighted by Gasteiger charge is 2.18.